The minimum atomic E-state index is 0.662. The molecule has 80 valence electrons. The molecule has 0 bridgehead atoms. The van der Waals surface area contributed by atoms with E-state index < -0.39 is 0 Å². The van der Waals surface area contributed by atoms with Gasteiger partial charge < -0.3 is 5.32 Å². The van der Waals surface area contributed by atoms with E-state index in [2.05, 4.69) is 57.3 Å². The van der Waals surface area contributed by atoms with Crippen LogP contribution in [0.3, 0.4) is 0 Å². The zero-order chi connectivity index (χ0) is 10.3. The number of benzene rings is 1. The molecule has 2 fully saturated rings. The van der Waals surface area contributed by atoms with Crippen LogP contribution in [0, 0.1) is 5.92 Å². The van der Waals surface area contributed by atoms with Gasteiger partial charge in [-0.3, -0.25) is 0 Å². The van der Waals surface area contributed by atoms with E-state index in [9.17, 15) is 0 Å². The second kappa shape index (κ2) is 4.11. The van der Waals surface area contributed by atoms with Gasteiger partial charge in [-0.05, 0) is 42.3 Å². The molecule has 0 saturated carbocycles. The lowest BCUT2D eigenvalue weighted by Gasteiger charge is -2.18. The van der Waals surface area contributed by atoms with E-state index in [1.807, 2.05) is 0 Å². The summed E-state index contributed by atoms with van der Waals surface area (Å²) in [6.45, 7) is 1.21. The van der Waals surface area contributed by atoms with Crippen LogP contribution in [0.5, 0.6) is 0 Å². The van der Waals surface area contributed by atoms with Crippen molar-refractivity contribution in [1.82, 2.24) is 5.32 Å². The van der Waals surface area contributed by atoms with Crippen LogP contribution in [-0.2, 0) is 0 Å². The average Bonchev–Trinajstić information content (AvgIpc) is 2.77. The lowest BCUT2D eigenvalue weighted by Crippen LogP contribution is -2.28. The van der Waals surface area contributed by atoms with Crippen LogP contribution < -0.4 is 5.32 Å². The van der Waals surface area contributed by atoms with Gasteiger partial charge in [-0.25, -0.2) is 0 Å². The normalized spacial score (nSPS) is 34.3. The predicted molar refractivity (Wildman–Crippen MR) is 69.2 cm³/mol. The molecular weight excluding hydrogens is 270 g/mol. The highest BCUT2D eigenvalue weighted by Crippen LogP contribution is 2.46. The number of hydrogen-bond donors (Lipinski definition) is 1. The summed E-state index contributed by atoms with van der Waals surface area (Å²) in [6, 6.07) is 9.47. The van der Waals surface area contributed by atoms with E-state index in [1.165, 1.54) is 28.8 Å². The Morgan fingerprint density at radius 3 is 3.20 bits per heavy atom. The lowest BCUT2D eigenvalue weighted by atomic mass is 9.96. The minimum Gasteiger partial charge on any atom is -0.312 e. The Morgan fingerprint density at radius 2 is 2.33 bits per heavy atom. The molecule has 2 heterocycles. The fourth-order valence-corrected chi connectivity index (χ4v) is 4.75. The van der Waals surface area contributed by atoms with E-state index in [0.29, 0.717) is 11.3 Å². The monoisotopic (exact) mass is 283 g/mol. The highest BCUT2D eigenvalue weighted by atomic mass is 79.9. The molecule has 1 aromatic rings. The summed E-state index contributed by atoms with van der Waals surface area (Å²) in [6.07, 6.45) is 1.36. The summed E-state index contributed by atoms with van der Waals surface area (Å²) in [5.74, 6) is 2.23. The molecule has 15 heavy (non-hydrogen) atoms. The van der Waals surface area contributed by atoms with Gasteiger partial charge >= 0.3 is 0 Å². The zero-order valence-electron chi connectivity index (χ0n) is 8.45. The molecule has 0 aliphatic carbocycles. The molecule has 0 spiro atoms. The van der Waals surface area contributed by atoms with E-state index in [4.69, 9.17) is 0 Å². The van der Waals surface area contributed by atoms with E-state index >= 15 is 0 Å². The topological polar surface area (TPSA) is 12.0 Å². The van der Waals surface area contributed by atoms with Gasteiger partial charge in [-0.1, -0.05) is 28.1 Å². The third-order valence-electron chi connectivity index (χ3n) is 3.40. The molecule has 0 amide bonds. The van der Waals surface area contributed by atoms with Crippen molar-refractivity contribution in [3.63, 3.8) is 0 Å². The van der Waals surface area contributed by atoms with Gasteiger partial charge in [0.25, 0.3) is 0 Å². The maximum atomic E-state index is 3.65. The van der Waals surface area contributed by atoms with Gasteiger partial charge in [0.1, 0.15) is 0 Å². The van der Waals surface area contributed by atoms with Gasteiger partial charge in [-0.15, -0.1) is 0 Å². The van der Waals surface area contributed by atoms with Crippen LogP contribution in [0.4, 0.5) is 0 Å². The number of halogens is 1. The fraction of sp³-hybridized carbons (Fsp3) is 0.500. The lowest BCUT2D eigenvalue weighted by molar-refractivity contribution is 0.505. The Kier molecular flexibility index (Phi) is 2.79. The largest absolute Gasteiger partial charge is 0.312 e. The third-order valence-corrected chi connectivity index (χ3v) is 5.43. The van der Waals surface area contributed by atoms with Crippen LogP contribution in [0.1, 0.15) is 17.2 Å². The molecule has 1 nitrogen and oxygen atoms in total. The average molecular weight is 284 g/mol. The number of nitrogens with one attached hydrogen (secondary N) is 1. The summed E-state index contributed by atoms with van der Waals surface area (Å²) in [5, 5.41) is 4.31. The number of thioether (sulfide) groups is 1. The summed E-state index contributed by atoms with van der Waals surface area (Å²) in [4.78, 5) is 0. The zero-order valence-corrected chi connectivity index (χ0v) is 10.9. The number of fused-ring (bicyclic) bond motifs is 1. The molecule has 3 heteroatoms. The Balaban J connectivity index is 1.88. The Morgan fingerprint density at radius 1 is 1.40 bits per heavy atom. The molecule has 2 saturated heterocycles. The third kappa shape index (κ3) is 1.85. The summed E-state index contributed by atoms with van der Waals surface area (Å²) >= 11 is 5.67. The number of hydrogen-bond acceptors (Lipinski definition) is 2. The van der Waals surface area contributed by atoms with Gasteiger partial charge in [0.15, 0.2) is 0 Å². The molecule has 1 N–H and O–H groups in total. The van der Waals surface area contributed by atoms with E-state index in [1.54, 1.807) is 0 Å². The van der Waals surface area contributed by atoms with E-state index in [-0.39, 0.29) is 0 Å². The van der Waals surface area contributed by atoms with Gasteiger partial charge in [0.05, 0.1) is 0 Å². The molecule has 2 aliphatic heterocycles. The van der Waals surface area contributed by atoms with Crippen LogP contribution >= 0.6 is 27.7 Å². The summed E-state index contributed by atoms with van der Waals surface area (Å²) in [7, 11) is 0. The first-order chi connectivity index (χ1) is 7.34. The first-order valence-corrected chi connectivity index (χ1v) is 7.29. The van der Waals surface area contributed by atoms with Gasteiger partial charge in [-0.2, -0.15) is 11.8 Å². The van der Waals surface area contributed by atoms with Crippen molar-refractivity contribution in [2.45, 2.75) is 17.7 Å². The molecular formula is C12H14BrNS. The molecule has 0 aromatic heterocycles. The van der Waals surface area contributed by atoms with Gasteiger partial charge in [0, 0.05) is 15.8 Å². The fourth-order valence-electron chi connectivity index (χ4n) is 2.64. The molecule has 3 atom stereocenters. The summed E-state index contributed by atoms with van der Waals surface area (Å²) in [5.41, 5.74) is 1.47. The molecule has 2 aliphatic rings. The standard InChI is InChI=1S/C12H14BrNS/c13-10-3-1-2-8(6-10)12-11-9(7-15-12)4-5-14-11/h1-3,6,9,11-12,14H,4-5,7H2. The quantitative estimate of drug-likeness (QED) is 0.850. The highest BCUT2D eigenvalue weighted by Gasteiger charge is 2.40. The Labute approximate surface area is 103 Å². The second-order valence-corrected chi connectivity index (χ2v) is 6.43. The molecule has 3 unspecified atom stereocenters. The van der Waals surface area contributed by atoms with Crippen molar-refractivity contribution >= 4 is 27.7 Å². The van der Waals surface area contributed by atoms with Crippen LogP contribution in [0.2, 0.25) is 0 Å². The Hall–Kier alpha value is 0.01000. The van der Waals surface area contributed by atoms with Crippen molar-refractivity contribution in [2.75, 3.05) is 12.3 Å². The van der Waals surface area contributed by atoms with Crippen LogP contribution in [-0.4, -0.2) is 18.3 Å². The Bertz CT molecular complexity index is 368. The predicted octanol–water partition coefficient (Wildman–Crippen LogP) is 3.22. The van der Waals surface area contributed by atoms with Gasteiger partial charge in [0.2, 0.25) is 0 Å². The first-order valence-electron chi connectivity index (χ1n) is 5.45. The van der Waals surface area contributed by atoms with Crippen molar-refractivity contribution < 1.29 is 0 Å². The van der Waals surface area contributed by atoms with Crippen LogP contribution in [0.15, 0.2) is 28.7 Å². The maximum absolute atomic E-state index is 3.65. The molecule has 1 aromatic carbocycles. The second-order valence-electron chi connectivity index (χ2n) is 4.34. The van der Waals surface area contributed by atoms with E-state index in [0.717, 1.165) is 5.92 Å². The van der Waals surface area contributed by atoms with Crippen molar-refractivity contribution in [3.05, 3.63) is 34.3 Å². The number of rotatable bonds is 1. The SMILES string of the molecule is Brc1cccc(C2SCC3CCNC32)c1. The maximum Gasteiger partial charge on any atom is 0.0454 e. The molecule has 0 radical (unpaired) electrons. The van der Waals surface area contributed by atoms with Crippen molar-refractivity contribution in [1.29, 1.82) is 0 Å². The van der Waals surface area contributed by atoms with Crippen molar-refractivity contribution in [2.24, 2.45) is 5.92 Å². The minimum absolute atomic E-state index is 0.662. The van der Waals surface area contributed by atoms with Crippen molar-refractivity contribution in [3.8, 4) is 0 Å². The highest BCUT2D eigenvalue weighted by molar-refractivity contribution is 9.10. The molecule has 3 rings (SSSR count). The summed E-state index contributed by atoms with van der Waals surface area (Å²) < 4.78 is 1.20. The smallest absolute Gasteiger partial charge is 0.0454 e. The van der Waals surface area contributed by atoms with Crippen LogP contribution in [0.25, 0.3) is 0 Å². The first kappa shape index (κ1) is 10.2.